The van der Waals surface area contributed by atoms with Crippen LogP contribution in [0.25, 0.3) is 0 Å². The zero-order chi connectivity index (χ0) is 14.6. The van der Waals surface area contributed by atoms with Crippen LogP contribution in [-0.2, 0) is 28.0 Å². The van der Waals surface area contributed by atoms with Crippen molar-refractivity contribution in [1.29, 1.82) is 5.26 Å². The van der Waals surface area contributed by atoms with Crippen LogP contribution in [0.5, 0.6) is 0 Å². The first-order valence-electron chi connectivity index (χ1n) is 5.10. The van der Waals surface area contributed by atoms with Gasteiger partial charge in [0.15, 0.2) is 0 Å². The van der Waals surface area contributed by atoms with Crippen LogP contribution >= 0.6 is 11.6 Å². The van der Waals surface area contributed by atoms with Gasteiger partial charge < -0.3 is 4.74 Å². The van der Waals surface area contributed by atoms with Gasteiger partial charge in [0.1, 0.15) is 6.07 Å². The molecule has 0 unspecified atom stereocenters. The van der Waals surface area contributed by atoms with Crippen LogP contribution in [-0.4, -0.2) is 13.1 Å². The molecule has 0 bridgehead atoms. The molecule has 7 heteroatoms. The number of rotatable bonds is 3. The summed E-state index contributed by atoms with van der Waals surface area (Å²) in [6.45, 7) is 0. The van der Waals surface area contributed by atoms with Gasteiger partial charge in [-0.1, -0.05) is 6.07 Å². The highest BCUT2D eigenvalue weighted by Gasteiger charge is 2.35. The number of alkyl halides is 4. The van der Waals surface area contributed by atoms with E-state index in [-0.39, 0.29) is 11.4 Å². The molecular formula is C12H9ClF3NO2. The van der Waals surface area contributed by atoms with E-state index < -0.39 is 29.7 Å². The molecule has 0 fully saturated rings. The second-order valence-electron chi connectivity index (χ2n) is 3.62. The molecule has 0 atom stereocenters. The molecule has 0 heterocycles. The largest absolute Gasteiger partial charge is 0.469 e. The average molecular weight is 292 g/mol. The van der Waals surface area contributed by atoms with E-state index >= 15 is 0 Å². The topological polar surface area (TPSA) is 50.1 Å². The fourth-order valence-corrected chi connectivity index (χ4v) is 1.85. The molecule has 0 aromatic heterocycles. The first-order valence-corrected chi connectivity index (χ1v) is 5.63. The summed E-state index contributed by atoms with van der Waals surface area (Å²) in [5, 5.41) is 8.92. The standard InChI is InChI=1S/C12H9ClF3NO2/c1-19-11(18)4-8-7(5-13)2-3-10(9(8)6-17)12(14,15)16/h2-3H,4-5H2,1H3. The van der Waals surface area contributed by atoms with Crippen molar-refractivity contribution in [2.45, 2.75) is 18.5 Å². The number of benzene rings is 1. The van der Waals surface area contributed by atoms with E-state index in [1.54, 1.807) is 0 Å². The van der Waals surface area contributed by atoms with E-state index in [9.17, 15) is 18.0 Å². The van der Waals surface area contributed by atoms with Crippen LogP contribution in [0.1, 0.15) is 22.3 Å². The number of methoxy groups -OCH3 is 1. The van der Waals surface area contributed by atoms with Crippen molar-refractivity contribution in [3.63, 3.8) is 0 Å². The van der Waals surface area contributed by atoms with Crippen molar-refractivity contribution >= 4 is 17.6 Å². The number of esters is 1. The molecule has 0 aliphatic carbocycles. The molecule has 0 saturated carbocycles. The third-order valence-corrected chi connectivity index (χ3v) is 2.81. The highest BCUT2D eigenvalue weighted by Crippen LogP contribution is 2.34. The van der Waals surface area contributed by atoms with Crippen molar-refractivity contribution in [2.24, 2.45) is 0 Å². The minimum atomic E-state index is -4.67. The molecule has 1 aromatic rings. The van der Waals surface area contributed by atoms with E-state index in [0.29, 0.717) is 5.56 Å². The van der Waals surface area contributed by atoms with E-state index in [0.717, 1.165) is 19.2 Å². The number of carbonyl (C=O) groups is 1. The molecule has 19 heavy (non-hydrogen) atoms. The highest BCUT2D eigenvalue weighted by atomic mass is 35.5. The Morgan fingerprint density at radius 3 is 2.53 bits per heavy atom. The Kier molecular flexibility index (Phi) is 4.78. The minimum absolute atomic E-state index is 0.0424. The zero-order valence-electron chi connectivity index (χ0n) is 9.84. The van der Waals surface area contributed by atoms with Crippen LogP contribution in [0.2, 0.25) is 0 Å². The lowest BCUT2D eigenvalue weighted by Crippen LogP contribution is -2.14. The summed E-state index contributed by atoms with van der Waals surface area (Å²) >= 11 is 5.61. The van der Waals surface area contributed by atoms with E-state index in [1.165, 1.54) is 6.07 Å². The molecule has 0 spiro atoms. The minimum Gasteiger partial charge on any atom is -0.469 e. The maximum atomic E-state index is 12.8. The lowest BCUT2D eigenvalue weighted by Gasteiger charge is -2.14. The number of halogens is 4. The Morgan fingerprint density at radius 1 is 1.47 bits per heavy atom. The molecule has 102 valence electrons. The summed E-state index contributed by atoms with van der Waals surface area (Å²) in [5.74, 6) is -0.832. The van der Waals surface area contributed by atoms with Crippen molar-refractivity contribution in [1.82, 2.24) is 0 Å². The Bertz CT molecular complexity index is 535. The molecule has 3 nitrogen and oxygen atoms in total. The van der Waals surface area contributed by atoms with Crippen molar-refractivity contribution in [3.05, 3.63) is 34.4 Å². The predicted octanol–water partition coefficient (Wildman–Crippen LogP) is 3.03. The quantitative estimate of drug-likeness (QED) is 0.635. The lowest BCUT2D eigenvalue weighted by atomic mass is 9.94. The third kappa shape index (κ3) is 3.38. The van der Waals surface area contributed by atoms with Gasteiger partial charge in [0.05, 0.1) is 24.7 Å². The van der Waals surface area contributed by atoms with Gasteiger partial charge in [-0.05, 0) is 17.2 Å². The maximum absolute atomic E-state index is 12.8. The first kappa shape index (κ1) is 15.3. The van der Waals surface area contributed by atoms with Gasteiger partial charge >= 0.3 is 12.1 Å². The second-order valence-corrected chi connectivity index (χ2v) is 3.89. The second kappa shape index (κ2) is 5.93. The fraction of sp³-hybridized carbons (Fsp3) is 0.333. The van der Waals surface area contributed by atoms with Crippen LogP contribution in [0, 0.1) is 11.3 Å². The van der Waals surface area contributed by atoms with Crippen LogP contribution in [0.3, 0.4) is 0 Å². The maximum Gasteiger partial charge on any atom is 0.417 e. The Balaban J connectivity index is 3.47. The SMILES string of the molecule is COC(=O)Cc1c(CCl)ccc(C(F)(F)F)c1C#N. The van der Waals surface area contributed by atoms with Gasteiger partial charge in [-0.15, -0.1) is 11.6 Å². The van der Waals surface area contributed by atoms with Crippen LogP contribution < -0.4 is 0 Å². The highest BCUT2D eigenvalue weighted by molar-refractivity contribution is 6.17. The fourth-order valence-electron chi connectivity index (χ4n) is 1.60. The summed E-state index contributed by atoms with van der Waals surface area (Å²) < 4.78 is 42.7. The number of nitriles is 1. The van der Waals surface area contributed by atoms with E-state index in [4.69, 9.17) is 16.9 Å². The van der Waals surface area contributed by atoms with Crippen LogP contribution in [0.15, 0.2) is 12.1 Å². The lowest BCUT2D eigenvalue weighted by molar-refractivity contribution is -0.140. The number of carbonyl (C=O) groups excluding carboxylic acids is 1. The predicted molar refractivity (Wildman–Crippen MR) is 61.4 cm³/mol. The molecule has 0 aliphatic rings. The monoisotopic (exact) mass is 291 g/mol. The van der Waals surface area contributed by atoms with Gasteiger partial charge in [-0.3, -0.25) is 4.79 Å². The molecule has 0 N–H and O–H groups in total. The van der Waals surface area contributed by atoms with Gasteiger partial charge in [-0.2, -0.15) is 18.4 Å². The van der Waals surface area contributed by atoms with Crippen molar-refractivity contribution in [3.8, 4) is 6.07 Å². The average Bonchev–Trinajstić information content (AvgIpc) is 2.36. The number of ether oxygens (including phenoxy) is 1. The van der Waals surface area contributed by atoms with Crippen LogP contribution in [0.4, 0.5) is 13.2 Å². The van der Waals surface area contributed by atoms with Gasteiger partial charge in [0.25, 0.3) is 0 Å². The summed E-state index contributed by atoms with van der Waals surface area (Å²) in [6.07, 6.45) is -5.09. The molecule has 0 amide bonds. The van der Waals surface area contributed by atoms with E-state index in [1.807, 2.05) is 0 Å². The summed E-state index contributed by atoms with van der Waals surface area (Å²) in [7, 11) is 1.11. The first-order chi connectivity index (χ1) is 8.85. The van der Waals surface area contributed by atoms with Gasteiger partial charge in [0, 0.05) is 5.88 Å². The van der Waals surface area contributed by atoms with Gasteiger partial charge in [0.2, 0.25) is 0 Å². The smallest absolute Gasteiger partial charge is 0.417 e. The number of nitrogens with zero attached hydrogens (tertiary/aromatic N) is 1. The van der Waals surface area contributed by atoms with Crippen molar-refractivity contribution in [2.75, 3.05) is 7.11 Å². The molecule has 0 aliphatic heterocycles. The third-order valence-electron chi connectivity index (χ3n) is 2.52. The Morgan fingerprint density at radius 2 is 2.11 bits per heavy atom. The molecule has 0 saturated heterocycles. The van der Waals surface area contributed by atoms with E-state index in [2.05, 4.69) is 4.74 Å². The molecule has 0 radical (unpaired) electrons. The number of hydrogen-bond donors (Lipinski definition) is 0. The normalized spacial score (nSPS) is 10.9. The molecule has 1 aromatic carbocycles. The summed E-state index contributed by atoms with van der Waals surface area (Å²) in [5.41, 5.74) is -1.41. The number of hydrogen-bond acceptors (Lipinski definition) is 3. The Hall–Kier alpha value is -1.74. The molecular weight excluding hydrogens is 283 g/mol. The summed E-state index contributed by atoms with van der Waals surface area (Å²) in [4.78, 5) is 11.2. The summed E-state index contributed by atoms with van der Waals surface area (Å²) in [6, 6.07) is 3.44. The molecule has 1 rings (SSSR count). The van der Waals surface area contributed by atoms with Gasteiger partial charge in [-0.25, -0.2) is 0 Å². The van der Waals surface area contributed by atoms with Crippen molar-refractivity contribution < 1.29 is 22.7 Å². The zero-order valence-corrected chi connectivity index (χ0v) is 10.6. The Labute approximate surface area is 112 Å².